The van der Waals surface area contributed by atoms with Gasteiger partial charge in [-0.15, -0.1) is 0 Å². The smallest absolute Gasteiger partial charge is 0.219 e. The topological polar surface area (TPSA) is 253 Å². The third-order valence-corrected chi connectivity index (χ3v) is 24.3. The molecule has 2 aliphatic heterocycles. The van der Waals surface area contributed by atoms with E-state index in [1.807, 2.05) is 76.1 Å². The van der Waals surface area contributed by atoms with Crippen molar-refractivity contribution in [1.29, 1.82) is 0 Å². The molecule has 1 aromatic carbocycles. The molecule has 2 aliphatic rings. The van der Waals surface area contributed by atoms with Crippen LogP contribution in [0.5, 0.6) is 0 Å². The van der Waals surface area contributed by atoms with Gasteiger partial charge in [-0.05, 0) is 88.9 Å². The van der Waals surface area contributed by atoms with E-state index in [0.717, 1.165) is 87.9 Å². The molecule has 0 bridgehead atoms. The monoisotopic (exact) mass is 1380 g/mol. The Bertz CT molecular complexity index is 2380. The Kier molecular flexibility index (Phi) is 46.7. The number of amides is 12. The lowest BCUT2D eigenvalue weighted by Gasteiger charge is -2.43. The van der Waals surface area contributed by atoms with E-state index in [-0.39, 0.29) is 83.0 Å². The van der Waals surface area contributed by atoms with Gasteiger partial charge in [0.25, 0.3) is 0 Å². The molecule has 546 valence electrons. The van der Waals surface area contributed by atoms with E-state index in [0.29, 0.717) is 65.4 Å². The summed E-state index contributed by atoms with van der Waals surface area (Å²) in [7, 11) is 10.9. The Morgan fingerprint density at radius 1 is 0.347 bits per heavy atom. The highest BCUT2D eigenvalue weighted by molar-refractivity contribution is 6.84. The predicted octanol–water partition coefficient (Wildman–Crippen LogP) is 6.41. The van der Waals surface area contributed by atoms with Gasteiger partial charge in [0.1, 0.15) is 0 Å². The largest absolute Gasteiger partial charge is 0.455 e. The first-order valence-electron chi connectivity index (χ1n) is 33.3. The van der Waals surface area contributed by atoms with Gasteiger partial charge in [0.05, 0.1) is 0 Å². The first kappa shape index (κ1) is 92.4. The minimum absolute atomic E-state index is 0.0203. The van der Waals surface area contributed by atoms with Gasteiger partial charge in [0.15, 0.2) is 16.6 Å². The minimum atomic E-state index is -1.70. The van der Waals surface area contributed by atoms with Gasteiger partial charge in [-0.25, -0.2) is 0 Å². The Balaban J connectivity index is -0.00000108. The van der Waals surface area contributed by atoms with E-state index < -0.39 is 16.6 Å². The van der Waals surface area contributed by atoms with Crippen LogP contribution in [0.3, 0.4) is 0 Å². The van der Waals surface area contributed by atoms with Crippen LogP contribution >= 0.6 is 0 Å². The zero-order valence-electron chi connectivity index (χ0n) is 63.7. The maximum Gasteiger partial charge on any atom is 0.219 e. The molecule has 27 heteroatoms. The van der Waals surface area contributed by atoms with Crippen molar-refractivity contribution in [2.75, 3.05) is 135 Å². The molecule has 1 aromatic rings. The van der Waals surface area contributed by atoms with E-state index in [2.05, 4.69) is 26.2 Å². The molecule has 0 radical (unpaired) electrons. The van der Waals surface area contributed by atoms with Crippen LogP contribution in [0.2, 0.25) is 38.3 Å². The van der Waals surface area contributed by atoms with Crippen molar-refractivity contribution in [1.82, 2.24) is 58.8 Å². The fraction of sp³-hybridized carbons (Fsp3) is 0.735. The van der Waals surface area contributed by atoms with Crippen molar-refractivity contribution in [2.24, 2.45) is 0 Å². The van der Waals surface area contributed by atoms with Gasteiger partial charge < -0.3 is 62.9 Å². The standard InChI is InChI=1S/C16H36N2O3Si2.C14H20N2O2.C12H24N2O2.C10H18N2O2.C8H14N2O2.C8H16N2O2/c1-15(19)17(3)11-9-13-22(5,6)21-23(7,8)14-10-12-18(4)16(2)20;1-11(17)15(3)9-13-5-7-14(8-6-13)10-16(4)12(2)18;1-11(15)13(3)9-7-5-6-8-10-14(4)12(2)16;1-7-5-12(10(4)14)8(2)6-11(7)9(3)13;1-7(11)9-3-5-10(6-4-9)8(2)12;1-7(11)9(3)5-6-10(4)8(2)12/h9-14H2,1-8H3;5-8H,9-10H2,1-4H3;5-10H2,1-4H3;7-8H,5-6H2,1-4H3;3-6H2,1-2H3;5-6H2,1-4H3. The molecule has 25 nitrogen and oxygen atoms in total. The molecule has 0 aromatic heterocycles. The highest BCUT2D eigenvalue weighted by Gasteiger charge is 2.33. The lowest BCUT2D eigenvalue weighted by atomic mass is 10.1. The van der Waals surface area contributed by atoms with Gasteiger partial charge in [0.2, 0.25) is 70.9 Å². The molecular formula is C68H128N12O13Si2. The van der Waals surface area contributed by atoms with E-state index in [9.17, 15) is 57.5 Å². The molecule has 2 saturated heterocycles. The first-order valence-corrected chi connectivity index (χ1v) is 39.5. The van der Waals surface area contributed by atoms with Gasteiger partial charge in [-0.2, -0.15) is 0 Å². The van der Waals surface area contributed by atoms with Crippen molar-refractivity contribution in [3.8, 4) is 0 Å². The first-order chi connectivity index (χ1) is 43.7. The van der Waals surface area contributed by atoms with Crippen molar-refractivity contribution < 1.29 is 61.6 Å². The molecule has 3 rings (SSSR count). The minimum Gasteiger partial charge on any atom is -0.455 e. The van der Waals surface area contributed by atoms with Crippen molar-refractivity contribution in [3.63, 3.8) is 0 Å². The summed E-state index contributed by atoms with van der Waals surface area (Å²) in [5, 5.41) is 0. The number of piperazine rings is 2. The molecule has 2 fully saturated rings. The summed E-state index contributed by atoms with van der Waals surface area (Å²) in [6.45, 7) is 41.5. The molecule has 2 heterocycles. The molecule has 95 heavy (non-hydrogen) atoms. The molecule has 12 amide bonds. The van der Waals surface area contributed by atoms with Gasteiger partial charge in [-0.1, -0.05) is 37.1 Å². The van der Waals surface area contributed by atoms with Crippen LogP contribution in [0.1, 0.15) is 147 Å². The van der Waals surface area contributed by atoms with Crippen LogP contribution in [0.15, 0.2) is 24.3 Å². The van der Waals surface area contributed by atoms with Crippen LogP contribution in [0.4, 0.5) is 0 Å². The normalized spacial score (nSPS) is 14.0. The molecule has 2 atom stereocenters. The molecule has 0 aliphatic carbocycles. The lowest BCUT2D eigenvalue weighted by molar-refractivity contribution is -0.143. The Morgan fingerprint density at radius 2 is 0.568 bits per heavy atom. The third kappa shape index (κ3) is 44.6. The van der Waals surface area contributed by atoms with Gasteiger partial charge in [0, 0.05) is 243 Å². The average molecular weight is 1380 g/mol. The number of unbranched alkanes of at least 4 members (excludes halogenated alkanes) is 3. The molecule has 0 N–H and O–H groups in total. The van der Waals surface area contributed by atoms with E-state index >= 15 is 0 Å². The number of hydrogen-bond donors (Lipinski definition) is 0. The maximum absolute atomic E-state index is 11.3. The number of rotatable bonds is 24. The Hall–Kier alpha value is -6.75. The SMILES string of the molecule is CC(=O)N(C)CCCCCCN(C)C(C)=O.CC(=O)N(C)CCC[Si](C)(C)O[Si](C)(C)CCCN(C)C(C)=O.CC(=O)N(C)CCN(C)C(C)=O.CC(=O)N(C)Cc1ccc(CN(C)C(C)=O)cc1.CC(=O)N1CC(C)N(C(C)=O)CC1C.CC(=O)N1CCN(C(C)=O)CC1. The second-order valence-electron chi connectivity index (χ2n) is 26.5. The van der Waals surface area contributed by atoms with E-state index in [1.165, 1.54) is 13.8 Å². The molecule has 0 saturated carbocycles. The highest BCUT2D eigenvalue weighted by atomic mass is 28.4. The second-order valence-corrected chi connectivity index (χ2v) is 35.4. The molecule has 0 spiro atoms. The van der Waals surface area contributed by atoms with Crippen LogP contribution in [-0.2, 0) is 74.7 Å². The number of carbonyl (C=O) groups excluding carboxylic acids is 12. The van der Waals surface area contributed by atoms with E-state index in [1.54, 1.807) is 146 Å². The van der Waals surface area contributed by atoms with Crippen LogP contribution < -0.4 is 0 Å². The zero-order valence-corrected chi connectivity index (χ0v) is 65.7. The number of carbonyl (C=O) groups is 12. The fourth-order valence-electron chi connectivity index (χ4n) is 9.49. The van der Waals surface area contributed by atoms with Crippen LogP contribution in [0, 0.1) is 0 Å². The summed E-state index contributed by atoms with van der Waals surface area (Å²) in [4.78, 5) is 153. The zero-order chi connectivity index (χ0) is 74.3. The number of likely N-dealkylation sites (N-methyl/N-ethyl adjacent to an activating group) is 2. The predicted molar refractivity (Wildman–Crippen MR) is 382 cm³/mol. The second kappa shape index (κ2) is 48.0. The van der Waals surface area contributed by atoms with Gasteiger partial charge >= 0.3 is 0 Å². The number of benzene rings is 1. The summed E-state index contributed by atoms with van der Waals surface area (Å²) >= 11 is 0. The number of nitrogens with zero attached hydrogens (tertiary/aromatic N) is 12. The summed E-state index contributed by atoms with van der Waals surface area (Å²) in [5.74, 6) is 0.998. The Labute approximate surface area is 574 Å². The molecular weight excluding hydrogens is 1250 g/mol. The summed E-state index contributed by atoms with van der Waals surface area (Å²) < 4.78 is 6.58. The van der Waals surface area contributed by atoms with Crippen molar-refractivity contribution in [2.45, 2.75) is 199 Å². The number of hydrogen-bond acceptors (Lipinski definition) is 13. The van der Waals surface area contributed by atoms with Crippen molar-refractivity contribution >= 4 is 87.5 Å². The van der Waals surface area contributed by atoms with Crippen molar-refractivity contribution in [3.05, 3.63) is 35.4 Å². The van der Waals surface area contributed by atoms with Gasteiger partial charge in [-0.3, -0.25) is 57.5 Å². The third-order valence-electron chi connectivity index (χ3n) is 16.7. The van der Waals surface area contributed by atoms with E-state index in [4.69, 9.17) is 4.12 Å². The Morgan fingerprint density at radius 3 is 0.779 bits per heavy atom. The average Bonchev–Trinajstić information content (AvgIpc) is 0.853. The molecule has 2 unspecified atom stereocenters. The fourth-order valence-corrected chi connectivity index (χ4v) is 18.3. The summed E-state index contributed by atoms with van der Waals surface area (Å²) in [6.07, 6.45) is 6.33. The summed E-state index contributed by atoms with van der Waals surface area (Å²) in [6, 6.07) is 10.4. The highest BCUT2D eigenvalue weighted by Crippen LogP contribution is 2.24. The lowest BCUT2D eigenvalue weighted by Crippen LogP contribution is -2.58. The van der Waals surface area contributed by atoms with Crippen LogP contribution in [0.25, 0.3) is 0 Å². The maximum atomic E-state index is 11.3. The summed E-state index contributed by atoms with van der Waals surface area (Å²) in [5.41, 5.74) is 2.17. The quantitative estimate of drug-likeness (QED) is 0.0802. The van der Waals surface area contributed by atoms with Crippen LogP contribution in [-0.4, -0.2) is 293 Å².